The topological polar surface area (TPSA) is 81.9 Å². The predicted octanol–water partition coefficient (Wildman–Crippen LogP) is 3.41. The van der Waals surface area contributed by atoms with Crippen molar-refractivity contribution in [3.8, 4) is 0 Å². The number of aromatic nitrogens is 4. The largest absolute Gasteiger partial charge is 0.461 e. The monoisotopic (exact) mass is 367 g/mol. The molecule has 0 spiro atoms. The van der Waals surface area contributed by atoms with Crippen LogP contribution in [0.2, 0.25) is 0 Å². The lowest BCUT2D eigenvalue weighted by Gasteiger charge is -2.19. The number of hydrogen-bond acceptors (Lipinski definition) is 7. The second kappa shape index (κ2) is 6.80. The van der Waals surface area contributed by atoms with Crippen LogP contribution < -0.4 is 5.32 Å². The number of ether oxygens (including phenoxy) is 1. The van der Waals surface area contributed by atoms with E-state index in [1.807, 2.05) is 23.6 Å². The summed E-state index contributed by atoms with van der Waals surface area (Å²) in [5, 5.41) is 4.18. The number of carbonyl (C=O) groups is 1. The highest BCUT2D eigenvalue weighted by Gasteiger charge is 2.20. The Morgan fingerprint density at radius 1 is 1.27 bits per heavy atom. The Morgan fingerprint density at radius 2 is 2.12 bits per heavy atom. The number of carbonyl (C=O) groups excluding carboxylic acids is 1. The minimum Gasteiger partial charge on any atom is -0.461 e. The number of nitrogens with zero attached hydrogens (tertiary/aromatic N) is 4. The summed E-state index contributed by atoms with van der Waals surface area (Å²) in [6.45, 7) is 4.47. The van der Waals surface area contributed by atoms with Gasteiger partial charge >= 0.3 is 5.97 Å². The molecular weight excluding hydrogens is 350 g/mol. The van der Waals surface area contributed by atoms with E-state index < -0.39 is 0 Å². The number of aryl methyl sites for hydroxylation is 1. The van der Waals surface area contributed by atoms with Crippen LogP contribution in [0.3, 0.4) is 0 Å². The van der Waals surface area contributed by atoms with Crippen LogP contribution in [0, 0.1) is 6.92 Å². The third kappa shape index (κ3) is 3.03. The van der Waals surface area contributed by atoms with Crippen LogP contribution in [0.1, 0.15) is 28.7 Å². The molecule has 0 bridgehead atoms. The summed E-state index contributed by atoms with van der Waals surface area (Å²) in [4.78, 5) is 26.2. The molecule has 2 aromatic heterocycles. The molecule has 4 rings (SSSR count). The van der Waals surface area contributed by atoms with Gasteiger partial charge in [-0.25, -0.2) is 19.7 Å². The minimum absolute atomic E-state index is 0.337. The van der Waals surface area contributed by atoms with Gasteiger partial charge in [-0.05, 0) is 31.5 Å². The molecule has 26 heavy (non-hydrogen) atoms. The average Bonchev–Trinajstić information content (AvgIpc) is 3.00. The lowest BCUT2D eigenvalue weighted by atomic mass is 10.2. The molecule has 7 nitrogen and oxygen atoms in total. The lowest BCUT2D eigenvalue weighted by molar-refractivity contribution is 0.0513. The van der Waals surface area contributed by atoms with Crippen molar-refractivity contribution in [3.05, 3.63) is 53.9 Å². The number of benzene rings is 1. The fourth-order valence-corrected chi connectivity index (χ4v) is 3.72. The molecule has 0 saturated heterocycles. The van der Waals surface area contributed by atoms with E-state index in [4.69, 9.17) is 4.74 Å². The molecule has 0 atom stereocenters. The number of rotatable bonds is 4. The fraction of sp³-hybridized carbons (Fsp3) is 0.222. The molecule has 1 aliphatic rings. The highest BCUT2D eigenvalue weighted by Crippen LogP contribution is 2.42. The smallest absolute Gasteiger partial charge is 0.356 e. The van der Waals surface area contributed by atoms with Gasteiger partial charge in [-0.1, -0.05) is 17.8 Å². The fourth-order valence-electron chi connectivity index (χ4n) is 2.84. The van der Waals surface area contributed by atoms with E-state index in [0.717, 1.165) is 27.0 Å². The summed E-state index contributed by atoms with van der Waals surface area (Å²) in [5.74, 6) is 0.409. The zero-order valence-corrected chi connectivity index (χ0v) is 15.2. The number of fused-ring (bicyclic) bond motifs is 2. The molecule has 1 aliphatic heterocycles. The molecule has 1 aromatic carbocycles. The molecule has 0 unspecified atom stereocenters. The van der Waals surface area contributed by atoms with Gasteiger partial charge in [-0.2, -0.15) is 0 Å². The SMILES string of the molecule is CCOC(=O)c1c(C)ncn1Cc1ccc2c(c1)Nc1nccnc1S2. The third-order valence-electron chi connectivity index (χ3n) is 4.01. The van der Waals surface area contributed by atoms with E-state index >= 15 is 0 Å². The predicted molar refractivity (Wildman–Crippen MR) is 97.9 cm³/mol. The van der Waals surface area contributed by atoms with E-state index in [1.165, 1.54) is 0 Å². The van der Waals surface area contributed by atoms with Crippen LogP contribution in [0.4, 0.5) is 11.5 Å². The molecule has 3 aromatic rings. The molecule has 0 radical (unpaired) electrons. The van der Waals surface area contributed by atoms with Crippen LogP contribution in [-0.4, -0.2) is 32.1 Å². The summed E-state index contributed by atoms with van der Waals surface area (Å²) in [6.07, 6.45) is 5.02. The Bertz CT molecular complexity index is 985. The zero-order chi connectivity index (χ0) is 18.1. The zero-order valence-electron chi connectivity index (χ0n) is 14.4. The highest BCUT2D eigenvalue weighted by atomic mass is 32.2. The maximum Gasteiger partial charge on any atom is 0.356 e. The van der Waals surface area contributed by atoms with E-state index in [2.05, 4.69) is 26.3 Å². The first-order chi connectivity index (χ1) is 12.7. The minimum atomic E-state index is -0.349. The van der Waals surface area contributed by atoms with Gasteiger partial charge in [0.05, 0.1) is 24.3 Å². The van der Waals surface area contributed by atoms with Gasteiger partial charge in [0.2, 0.25) is 0 Å². The van der Waals surface area contributed by atoms with Gasteiger partial charge in [0.1, 0.15) is 5.03 Å². The Hall–Kier alpha value is -2.87. The van der Waals surface area contributed by atoms with E-state index in [0.29, 0.717) is 24.5 Å². The molecule has 0 saturated carbocycles. The average molecular weight is 367 g/mol. The Morgan fingerprint density at radius 3 is 2.96 bits per heavy atom. The first kappa shape index (κ1) is 16.6. The number of esters is 1. The standard InChI is InChI=1S/C18H17N5O2S/c1-3-25-18(24)15-11(2)21-10-23(15)9-12-4-5-14-13(8-12)22-16-17(26-14)20-7-6-19-16/h4-8,10H,3,9H2,1-2H3,(H,19,22). The molecule has 132 valence electrons. The van der Waals surface area contributed by atoms with Crippen LogP contribution in [-0.2, 0) is 11.3 Å². The number of anilines is 2. The van der Waals surface area contributed by atoms with E-state index in [9.17, 15) is 4.79 Å². The van der Waals surface area contributed by atoms with E-state index in [-0.39, 0.29) is 5.97 Å². The van der Waals surface area contributed by atoms with Crippen LogP contribution >= 0.6 is 11.8 Å². The van der Waals surface area contributed by atoms with Gasteiger partial charge in [0, 0.05) is 23.8 Å². The molecule has 8 heteroatoms. The second-order valence-corrected chi connectivity index (χ2v) is 6.83. The molecular formula is C18H17N5O2S. The van der Waals surface area contributed by atoms with Gasteiger partial charge in [0.15, 0.2) is 11.5 Å². The molecule has 1 N–H and O–H groups in total. The van der Waals surface area contributed by atoms with Crippen LogP contribution in [0.15, 0.2) is 46.8 Å². The van der Waals surface area contributed by atoms with Gasteiger partial charge < -0.3 is 14.6 Å². The summed E-state index contributed by atoms with van der Waals surface area (Å²) in [6, 6.07) is 6.15. The number of imidazole rings is 1. The van der Waals surface area contributed by atoms with E-state index in [1.54, 1.807) is 37.4 Å². The highest BCUT2D eigenvalue weighted by molar-refractivity contribution is 7.99. The van der Waals surface area contributed by atoms with Crippen molar-refractivity contribution in [1.82, 2.24) is 19.5 Å². The van der Waals surface area contributed by atoms with Crippen molar-refractivity contribution in [3.63, 3.8) is 0 Å². The van der Waals surface area contributed by atoms with Crippen LogP contribution in [0.5, 0.6) is 0 Å². The summed E-state index contributed by atoms with van der Waals surface area (Å²) in [5.41, 5.74) is 3.18. The van der Waals surface area contributed by atoms with Gasteiger partial charge in [-0.3, -0.25) is 0 Å². The Kier molecular flexibility index (Phi) is 4.34. The lowest BCUT2D eigenvalue weighted by Crippen LogP contribution is -2.14. The number of hydrogen-bond donors (Lipinski definition) is 1. The summed E-state index contributed by atoms with van der Waals surface area (Å²) in [7, 11) is 0. The normalized spacial score (nSPS) is 12.1. The van der Waals surface area contributed by atoms with Crippen molar-refractivity contribution in [2.24, 2.45) is 0 Å². The van der Waals surface area contributed by atoms with Crippen molar-refractivity contribution in [2.75, 3.05) is 11.9 Å². The maximum absolute atomic E-state index is 12.2. The van der Waals surface area contributed by atoms with Gasteiger partial charge in [-0.15, -0.1) is 0 Å². The quantitative estimate of drug-likeness (QED) is 0.554. The first-order valence-electron chi connectivity index (χ1n) is 8.23. The molecule has 0 amide bonds. The van der Waals surface area contributed by atoms with Crippen molar-refractivity contribution < 1.29 is 9.53 Å². The number of nitrogens with one attached hydrogen (secondary N) is 1. The second-order valence-electron chi connectivity index (χ2n) is 5.79. The Balaban J connectivity index is 1.61. The summed E-state index contributed by atoms with van der Waals surface area (Å²) >= 11 is 1.59. The summed E-state index contributed by atoms with van der Waals surface area (Å²) < 4.78 is 6.96. The van der Waals surface area contributed by atoms with Crippen molar-refractivity contribution in [1.29, 1.82) is 0 Å². The van der Waals surface area contributed by atoms with Crippen molar-refractivity contribution >= 4 is 29.2 Å². The van der Waals surface area contributed by atoms with Gasteiger partial charge in [0.25, 0.3) is 0 Å². The molecule has 3 heterocycles. The molecule has 0 aliphatic carbocycles. The molecule has 0 fully saturated rings. The third-order valence-corrected chi connectivity index (χ3v) is 5.08. The maximum atomic E-state index is 12.2. The van der Waals surface area contributed by atoms with Crippen LogP contribution in [0.25, 0.3) is 0 Å². The first-order valence-corrected chi connectivity index (χ1v) is 9.05. The van der Waals surface area contributed by atoms with Crippen molar-refractivity contribution in [2.45, 2.75) is 30.3 Å². The Labute approximate surface area is 154 Å².